The fraction of sp³-hybridized carbons (Fsp3) is 0.227. The van der Waals surface area contributed by atoms with Crippen LogP contribution in [-0.2, 0) is 11.3 Å². The standard InChI is InChI=1S/C22H21N5O/c1-14-10-15(2)21(27-9-5-7-24-27)16(11-14)17-12-20(28)23-13-18-22(17)26-8-4-3-6-19(26)25-18/h3-11,17H,12-13H2,1-2H3,(H,23,28)/t17-/m0/s1. The van der Waals surface area contributed by atoms with Crippen LogP contribution in [0.1, 0.15) is 40.4 Å². The molecular weight excluding hydrogens is 350 g/mol. The summed E-state index contributed by atoms with van der Waals surface area (Å²) in [4.78, 5) is 17.4. The van der Waals surface area contributed by atoms with Gasteiger partial charge in [0, 0.05) is 30.9 Å². The van der Waals surface area contributed by atoms with E-state index in [9.17, 15) is 4.79 Å². The van der Waals surface area contributed by atoms with Crippen LogP contribution >= 0.6 is 0 Å². The lowest BCUT2D eigenvalue weighted by atomic mass is 9.87. The molecule has 1 aliphatic rings. The maximum Gasteiger partial charge on any atom is 0.221 e. The average Bonchev–Trinajstić information content (AvgIpc) is 3.28. The summed E-state index contributed by atoms with van der Waals surface area (Å²) in [6, 6.07) is 12.3. The molecule has 1 aromatic carbocycles. The summed E-state index contributed by atoms with van der Waals surface area (Å²) < 4.78 is 4.01. The van der Waals surface area contributed by atoms with Crippen LogP contribution in [0.4, 0.5) is 0 Å². The molecule has 6 heteroatoms. The number of aromatic nitrogens is 4. The summed E-state index contributed by atoms with van der Waals surface area (Å²) in [5, 5.41) is 7.48. The van der Waals surface area contributed by atoms with Crippen molar-refractivity contribution in [2.45, 2.75) is 32.7 Å². The first-order valence-corrected chi connectivity index (χ1v) is 9.45. The van der Waals surface area contributed by atoms with Crippen LogP contribution in [0.15, 0.2) is 55.0 Å². The highest BCUT2D eigenvalue weighted by Gasteiger charge is 2.31. The number of fused-ring (bicyclic) bond motifs is 3. The largest absolute Gasteiger partial charge is 0.350 e. The SMILES string of the molecule is Cc1cc(C)c(-n2cccn2)c([C@@H]2CC(=O)NCc3nc4ccccn4c32)c1. The van der Waals surface area contributed by atoms with Crippen LogP contribution in [-0.4, -0.2) is 25.1 Å². The third-order valence-electron chi connectivity index (χ3n) is 5.40. The zero-order valence-corrected chi connectivity index (χ0v) is 15.9. The maximum atomic E-state index is 12.6. The van der Waals surface area contributed by atoms with Crippen molar-refractivity contribution in [1.29, 1.82) is 0 Å². The number of amides is 1. The van der Waals surface area contributed by atoms with Gasteiger partial charge in [0.15, 0.2) is 0 Å². The van der Waals surface area contributed by atoms with Crippen molar-refractivity contribution < 1.29 is 4.79 Å². The first-order valence-electron chi connectivity index (χ1n) is 9.45. The molecule has 1 aliphatic heterocycles. The molecule has 4 aromatic rings. The monoisotopic (exact) mass is 371 g/mol. The molecule has 0 fully saturated rings. The van der Waals surface area contributed by atoms with Crippen LogP contribution in [0.2, 0.25) is 0 Å². The number of rotatable bonds is 2. The van der Waals surface area contributed by atoms with Crippen LogP contribution in [0, 0.1) is 13.8 Å². The molecule has 0 spiro atoms. The number of nitrogens with one attached hydrogen (secondary N) is 1. The van der Waals surface area contributed by atoms with E-state index in [1.54, 1.807) is 6.20 Å². The van der Waals surface area contributed by atoms with Crippen LogP contribution in [0.25, 0.3) is 11.3 Å². The molecule has 0 aliphatic carbocycles. The van der Waals surface area contributed by atoms with Gasteiger partial charge in [-0.25, -0.2) is 9.67 Å². The second-order valence-corrected chi connectivity index (χ2v) is 7.38. The number of aryl methyl sites for hydroxylation is 2. The van der Waals surface area contributed by atoms with Crippen LogP contribution in [0.5, 0.6) is 0 Å². The van der Waals surface area contributed by atoms with Crippen molar-refractivity contribution in [2.75, 3.05) is 0 Å². The van der Waals surface area contributed by atoms with E-state index >= 15 is 0 Å². The predicted octanol–water partition coefficient (Wildman–Crippen LogP) is 3.29. The van der Waals surface area contributed by atoms with E-state index in [0.717, 1.165) is 33.8 Å². The van der Waals surface area contributed by atoms with Gasteiger partial charge in [0.25, 0.3) is 0 Å². The van der Waals surface area contributed by atoms with Gasteiger partial charge < -0.3 is 9.72 Å². The fourth-order valence-corrected chi connectivity index (χ4v) is 4.33. The van der Waals surface area contributed by atoms with Crippen LogP contribution in [0.3, 0.4) is 0 Å². The molecule has 0 bridgehead atoms. The first kappa shape index (κ1) is 16.7. The van der Waals surface area contributed by atoms with E-state index < -0.39 is 0 Å². The Morgan fingerprint density at radius 1 is 1.14 bits per heavy atom. The van der Waals surface area contributed by atoms with Gasteiger partial charge in [-0.3, -0.25) is 4.79 Å². The third kappa shape index (κ3) is 2.60. The van der Waals surface area contributed by atoms with Crippen LogP contribution < -0.4 is 5.32 Å². The minimum absolute atomic E-state index is 0.0401. The summed E-state index contributed by atoms with van der Waals surface area (Å²) in [5.41, 5.74) is 7.35. The smallest absolute Gasteiger partial charge is 0.221 e. The molecule has 4 heterocycles. The van der Waals surface area contributed by atoms with E-state index in [1.807, 2.05) is 41.3 Å². The number of hydrogen-bond donors (Lipinski definition) is 1. The Balaban J connectivity index is 1.81. The van der Waals surface area contributed by atoms with Crippen molar-refractivity contribution in [1.82, 2.24) is 24.5 Å². The van der Waals surface area contributed by atoms with Gasteiger partial charge >= 0.3 is 0 Å². The second kappa shape index (κ2) is 6.34. The molecule has 28 heavy (non-hydrogen) atoms. The Labute approximate surface area is 162 Å². The Hall–Kier alpha value is -3.41. The van der Waals surface area contributed by atoms with Crippen molar-refractivity contribution in [2.24, 2.45) is 0 Å². The van der Waals surface area contributed by atoms with Gasteiger partial charge in [0.2, 0.25) is 5.91 Å². The molecule has 1 atom stereocenters. The van der Waals surface area contributed by atoms with E-state index in [2.05, 4.69) is 40.8 Å². The highest BCUT2D eigenvalue weighted by Crippen LogP contribution is 2.37. The van der Waals surface area contributed by atoms with Gasteiger partial charge in [0.05, 0.1) is 23.6 Å². The van der Waals surface area contributed by atoms with Gasteiger partial charge in [-0.2, -0.15) is 5.10 Å². The average molecular weight is 371 g/mol. The highest BCUT2D eigenvalue weighted by atomic mass is 16.1. The molecule has 1 N–H and O–H groups in total. The van der Waals surface area contributed by atoms with E-state index in [0.29, 0.717) is 13.0 Å². The Morgan fingerprint density at radius 2 is 2.04 bits per heavy atom. The zero-order chi connectivity index (χ0) is 19.3. The number of pyridine rings is 1. The molecule has 140 valence electrons. The molecule has 0 unspecified atom stereocenters. The minimum Gasteiger partial charge on any atom is -0.350 e. The number of benzene rings is 1. The van der Waals surface area contributed by atoms with Gasteiger partial charge in [-0.05, 0) is 43.2 Å². The molecule has 0 saturated heterocycles. The molecule has 5 rings (SSSR count). The summed E-state index contributed by atoms with van der Waals surface area (Å²) in [7, 11) is 0. The number of nitrogens with zero attached hydrogens (tertiary/aromatic N) is 4. The number of imidazole rings is 1. The van der Waals surface area contributed by atoms with Gasteiger partial charge in [-0.1, -0.05) is 23.8 Å². The van der Waals surface area contributed by atoms with Crippen molar-refractivity contribution in [3.05, 3.63) is 83.1 Å². The van der Waals surface area contributed by atoms with Gasteiger partial charge in [-0.15, -0.1) is 0 Å². The maximum absolute atomic E-state index is 12.6. The second-order valence-electron chi connectivity index (χ2n) is 7.38. The predicted molar refractivity (Wildman–Crippen MR) is 107 cm³/mol. The number of hydrogen-bond acceptors (Lipinski definition) is 3. The lowest BCUT2D eigenvalue weighted by Gasteiger charge is -2.22. The Kier molecular flexibility index (Phi) is 3.79. The zero-order valence-electron chi connectivity index (χ0n) is 15.9. The Morgan fingerprint density at radius 3 is 2.86 bits per heavy atom. The number of carbonyl (C=O) groups excluding carboxylic acids is 1. The minimum atomic E-state index is -0.104. The first-order chi connectivity index (χ1) is 13.6. The van der Waals surface area contributed by atoms with E-state index in [4.69, 9.17) is 4.98 Å². The highest BCUT2D eigenvalue weighted by molar-refractivity contribution is 5.79. The van der Waals surface area contributed by atoms with Crippen molar-refractivity contribution >= 4 is 11.6 Å². The summed E-state index contributed by atoms with van der Waals surface area (Å²) >= 11 is 0. The molecule has 0 radical (unpaired) electrons. The van der Waals surface area contributed by atoms with E-state index in [-0.39, 0.29) is 11.8 Å². The molecule has 0 saturated carbocycles. The molecule has 6 nitrogen and oxygen atoms in total. The topological polar surface area (TPSA) is 64.2 Å². The lowest BCUT2D eigenvalue weighted by Crippen LogP contribution is -2.22. The fourth-order valence-electron chi connectivity index (χ4n) is 4.33. The molecular formula is C22H21N5O. The summed E-state index contributed by atoms with van der Waals surface area (Å²) in [6.07, 6.45) is 6.14. The summed E-state index contributed by atoms with van der Waals surface area (Å²) in [5.74, 6) is -0.0639. The third-order valence-corrected chi connectivity index (χ3v) is 5.40. The summed E-state index contributed by atoms with van der Waals surface area (Å²) in [6.45, 7) is 4.64. The van der Waals surface area contributed by atoms with Crippen molar-refractivity contribution in [3.63, 3.8) is 0 Å². The number of carbonyl (C=O) groups is 1. The normalized spacial score (nSPS) is 16.6. The molecule has 3 aromatic heterocycles. The molecule has 1 amide bonds. The lowest BCUT2D eigenvalue weighted by molar-refractivity contribution is -0.121. The van der Waals surface area contributed by atoms with Gasteiger partial charge in [0.1, 0.15) is 5.65 Å². The quantitative estimate of drug-likeness (QED) is 0.588. The van der Waals surface area contributed by atoms with E-state index in [1.165, 1.54) is 5.56 Å². The van der Waals surface area contributed by atoms with Crippen molar-refractivity contribution in [3.8, 4) is 5.69 Å². The Bertz CT molecular complexity index is 1190.